The van der Waals surface area contributed by atoms with E-state index in [1.165, 1.54) is 0 Å². The van der Waals surface area contributed by atoms with Crippen LogP contribution in [0.25, 0.3) is 0 Å². The van der Waals surface area contributed by atoms with E-state index in [0.29, 0.717) is 22.5 Å². The second-order valence-electron chi connectivity index (χ2n) is 2.70. The molecule has 13 heavy (non-hydrogen) atoms. The maximum atomic E-state index is 11.1. The molecule has 0 fully saturated rings. The van der Waals surface area contributed by atoms with Crippen molar-refractivity contribution in [3.05, 3.63) is 28.8 Å². The molecule has 2 nitrogen and oxygen atoms in total. The molecule has 1 rings (SSSR count). The van der Waals surface area contributed by atoms with E-state index in [1.807, 2.05) is 0 Å². The Morgan fingerprint density at radius 2 is 2.23 bits per heavy atom. The van der Waals surface area contributed by atoms with Gasteiger partial charge < -0.3 is 5.73 Å². The number of nitrogen functional groups attached to an aromatic ring is 1. The lowest BCUT2D eigenvalue weighted by molar-refractivity contribution is -0.115. The predicted octanol–water partition coefficient (Wildman–Crippen LogP) is 2.43. The number of Topliss-reactive ketones (excluding diaryl/α,β-unsaturated/α-hetero) is 1. The minimum Gasteiger partial charge on any atom is -0.398 e. The van der Waals surface area contributed by atoms with Crippen LogP contribution in [0, 0.1) is 0 Å². The molecule has 4 heteroatoms. The summed E-state index contributed by atoms with van der Waals surface area (Å²) in [4.78, 5) is 11.1. The van der Waals surface area contributed by atoms with Gasteiger partial charge in [0.15, 0.2) is 0 Å². The number of hydrogen-bond acceptors (Lipinski definition) is 2. The van der Waals surface area contributed by atoms with Gasteiger partial charge in [0.1, 0.15) is 5.78 Å². The normalized spacial score (nSPS) is 10.0. The van der Waals surface area contributed by atoms with Crippen LogP contribution >= 0.6 is 27.5 Å². The third-order valence-electron chi connectivity index (χ3n) is 1.61. The SMILES string of the molecule is Nc1cc(CC(=O)CBr)ccc1Cl. The van der Waals surface area contributed by atoms with Gasteiger partial charge in [-0.15, -0.1) is 0 Å². The maximum absolute atomic E-state index is 11.1. The van der Waals surface area contributed by atoms with Gasteiger partial charge in [0.05, 0.1) is 16.0 Å². The molecular formula is C9H9BrClNO. The Balaban J connectivity index is 2.79. The molecule has 1 aromatic rings. The number of carbonyl (C=O) groups excluding carboxylic acids is 1. The molecule has 0 radical (unpaired) electrons. The van der Waals surface area contributed by atoms with Crippen LogP contribution in [0.5, 0.6) is 0 Å². The van der Waals surface area contributed by atoms with Gasteiger partial charge in [-0.3, -0.25) is 4.79 Å². The third-order valence-corrected chi connectivity index (χ3v) is 2.58. The standard InChI is InChI=1S/C9H9BrClNO/c10-5-7(13)3-6-1-2-8(11)9(12)4-6/h1-2,4H,3,5,12H2. The Labute approximate surface area is 90.2 Å². The molecule has 0 aliphatic heterocycles. The maximum Gasteiger partial charge on any atom is 0.147 e. The molecule has 0 unspecified atom stereocenters. The number of nitrogens with two attached hydrogens (primary N) is 1. The first-order chi connectivity index (χ1) is 6.13. The van der Waals surface area contributed by atoms with Crippen LogP contribution < -0.4 is 5.73 Å². The van der Waals surface area contributed by atoms with Crippen LogP contribution in [-0.2, 0) is 11.2 Å². The number of hydrogen-bond donors (Lipinski definition) is 1. The molecule has 0 aliphatic rings. The number of halogens is 2. The molecule has 0 saturated heterocycles. The van der Waals surface area contributed by atoms with Gasteiger partial charge in [-0.25, -0.2) is 0 Å². The first-order valence-electron chi connectivity index (χ1n) is 3.75. The average molecular weight is 263 g/mol. The highest BCUT2D eigenvalue weighted by atomic mass is 79.9. The first-order valence-corrected chi connectivity index (χ1v) is 5.25. The Morgan fingerprint density at radius 1 is 1.54 bits per heavy atom. The lowest BCUT2D eigenvalue weighted by Crippen LogP contribution is -2.03. The molecule has 1 aromatic carbocycles. The summed E-state index contributed by atoms with van der Waals surface area (Å²) >= 11 is 8.83. The van der Waals surface area contributed by atoms with Crippen molar-refractivity contribution in [2.45, 2.75) is 6.42 Å². The monoisotopic (exact) mass is 261 g/mol. The third kappa shape index (κ3) is 3.01. The number of anilines is 1. The summed E-state index contributed by atoms with van der Waals surface area (Å²) in [5, 5.41) is 0.894. The van der Waals surface area contributed by atoms with E-state index in [-0.39, 0.29) is 5.78 Å². The van der Waals surface area contributed by atoms with Crippen LogP contribution in [-0.4, -0.2) is 11.1 Å². The van der Waals surface area contributed by atoms with Gasteiger partial charge in [-0.2, -0.15) is 0 Å². The fraction of sp³-hybridized carbons (Fsp3) is 0.222. The Kier molecular flexibility index (Phi) is 3.75. The fourth-order valence-corrected chi connectivity index (χ4v) is 1.29. The van der Waals surface area contributed by atoms with Crippen molar-refractivity contribution in [1.82, 2.24) is 0 Å². The minimum absolute atomic E-state index is 0.127. The fourth-order valence-electron chi connectivity index (χ4n) is 0.978. The van der Waals surface area contributed by atoms with Crippen molar-refractivity contribution in [3.63, 3.8) is 0 Å². The van der Waals surface area contributed by atoms with Gasteiger partial charge in [-0.05, 0) is 17.7 Å². The average Bonchev–Trinajstić information content (AvgIpc) is 2.11. The zero-order valence-corrected chi connectivity index (χ0v) is 9.23. The zero-order chi connectivity index (χ0) is 9.84. The number of alkyl halides is 1. The topological polar surface area (TPSA) is 43.1 Å². The zero-order valence-electron chi connectivity index (χ0n) is 6.89. The van der Waals surface area contributed by atoms with Crippen LogP contribution in [0.4, 0.5) is 5.69 Å². The number of ketones is 1. The van der Waals surface area contributed by atoms with E-state index >= 15 is 0 Å². The minimum atomic E-state index is 0.127. The highest BCUT2D eigenvalue weighted by molar-refractivity contribution is 9.09. The van der Waals surface area contributed by atoms with Crippen LogP contribution in [0.2, 0.25) is 5.02 Å². The highest BCUT2D eigenvalue weighted by Gasteiger charge is 2.03. The molecule has 0 aliphatic carbocycles. The first kappa shape index (κ1) is 10.5. The van der Waals surface area contributed by atoms with Gasteiger partial charge >= 0.3 is 0 Å². The Morgan fingerprint density at radius 3 is 2.77 bits per heavy atom. The summed E-state index contributed by atoms with van der Waals surface area (Å²) in [6.45, 7) is 0. The highest BCUT2D eigenvalue weighted by Crippen LogP contribution is 2.19. The van der Waals surface area contributed by atoms with E-state index < -0.39 is 0 Å². The summed E-state index contributed by atoms with van der Waals surface area (Å²) in [5.41, 5.74) is 6.99. The van der Waals surface area contributed by atoms with E-state index in [1.54, 1.807) is 18.2 Å². The number of rotatable bonds is 3. The van der Waals surface area contributed by atoms with Crippen molar-refractivity contribution >= 4 is 39.0 Å². The number of benzene rings is 1. The lowest BCUT2D eigenvalue weighted by Gasteiger charge is -2.01. The molecule has 0 spiro atoms. The van der Waals surface area contributed by atoms with Gasteiger partial charge in [0.25, 0.3) is 0 Å². The van der Waals surface area contributed by atoms with Crippen LogP contribution in [0.15, 0.2) is 18.2 Å². The van der Waals surface area contributed by atoms with Gasteiger partial charge in [-0.1, -0.05) is 33.6 Å². The molecule has 0 heterocycles. The molecule has 70 valence electrons. The smallest absolute Gasteiger partial charge is 0.147 e. The van der Waals surface area contributed by atoms with Crippen molar-refractivity contribution in [2.75, 3.05) is 11.1 Å². The van der Waals surface area contributed by atoms with Crippen molar-refractivity contribution in [3.8, 4) is 0 Å². The van der Waals surface area contributed by atoms with Crippen molar-refractivity contribution < 1.29 is 4.79 Å². The summed E-state index contributed by atoms with van der Waals surface area (Å²) in [6, 6.07) is 5.23. The Hall–Kier alpha value is -0.540. The van der Waals surface area contributed by atoms with Crippen LogP contribution in [0.1, 0.15) is 5.56 Å². The van der Waals surface area contributed by atoms with E-state index in [4.69, 9.17) is 17.3 Å². The van der Waals surface area contributed by atoms with Crippen LogP contribution in [0.3, 0.4) is 0 Å². The predicted molar refractivity (Wildman–Crippen MR) is 58.4 cm³/mol. The largest absolute Gasteiger partial charge is 0.398 e. The molecule has 2 N–H and O–H groups in total. The van der Waals surface area contributed by atoms with Crippen molar-refractivity contribution in [2.24, 2.45) is 0 Å². The molecule has 0 amide bonds. The molecule has 0 atom stereocenters. The van der Waals surface area contributed by atoms with E-state index in [2.05, 4.69) is 15.9 Å². The summed E-state index contributed by atoms with van der Waals surface area (Å²) < 4.78 is 0. The van der Waals surface area contributed by atoms with Gasteiger partial charge in [0.2, 0.25) is 0 Å². The summed E-state index contributed by atoms with van der Waals surface area (Å²) in [7, 11) is 0. The molecule has 0 aromatic heterocycles. The molecule has 0 bridgehead atoms. The lowest BCUT2D eigenvalue weighted by atomic mass is 10.1. The van der Waals surface area contributed by atoms with E-state index in [0.717, 1.165) is 5.56 Å². The van der Waals surface area contributed by atoms with E-state index in [9.17, 15) is 4.79 Å². The summed E-state index contributed by atoms with van der Waals surface area (Å²) in [5.74, 6) is 0.127. The quantitative estimate of drug-likeness (QED) is 0.671. The summed E-state index contributed by atoms with van der Waals surface area (Å²) in [6.07, 6.45) is 0.395. The molecular weight excluding hydrogens is 253 g/mol. The second kappa shape index (κ2) is 4.63. The second-order valence-corrected chi connectivity index (χ2v) is 3.67. The van der Waals surface area contributed by atoms with Gasteiger partial charge in [0, 0.05) is 6.42 Å². The number of carbonyl (C=O) groups is 1. The van der Waals surface area contributed by atoms with Crippen molar-refractivity contribution in [1.29, 1.82) is 0 Å². The Bertz CT molecular complexity index is 327. The molecule has 0 saturated carbocycles.